The van der Waals surface area contributed by atoms with Crippen LogP contribution in [0.25, 0.3) is 11.1 Å². The molecular formula is C27H26N4. The molecule has 0 N–H and O–H groups in total. The van der Waals surface area contributed by atoms with Crippen molar-refractivity contribution in [2.75, 3.05) is 16.5 Å². The van der Waals surface area contributed by atoms with Crippen molar-refractivity contribution < 1.29 is 0 Å². The van der Waals surface area contributed by atoms with Gasteiger partial charge in [0.1, 0.15) is 6.67 Å². The molecule has 0 atom stereocenters. The van der Waals surface area contributed by atoms with E-state index in [-0.39, 0.29) is 0 Å². The van der Waals surface area contributed by atoms with Gasteiger partial charge in [0.2, 0.25) is 0 Å². The van der Waals surface area contributed by atoms with Crippen molar-refractivity contribution in [2.45, 2.75) is 27.7 Å². The maximum Gasteiger partial charge on any atom is 0.178 e. The van der Waals surface area contributed by atoms with Crippen LogP contribution in [0.4, 0.5) is 23.0 Å². The molecule has 1 aliphatic heterocycles. The largest absolute Gasteiger partial charge is 0.305 e. The van der Waals surface area contributed by atoms with Gasteiger partial charge in [-0.2, -0.15) is 0 Å². The first kappa shape index (κ1) is 19.3. The number of hydrogen-bond acceptors (Lipinski definition) is 4. The summed E-state index contributed by atoms with van der Waals surface area (Å²) in [6, 6.07) is 21.9. The second kappa shape index (κ2) is 7.55. The highest BCUT2D eigenvalue weighted by molar-refractivity contribution is 5.83. The van der Waals surface area contributed by atoms with Crippen LogP contribution in [0.2, 0.25) is 0 Å². The second-order valence-electron chi connectivity index (χ2n) is 8.36. The van der Waals surface area contributed by atoms with Gasteiger partial charge in [-0.1, -0.05) is 36.4 Å². The summed E-state index contributed by atoms with van der Waals surface area (Å²) in [4.78, 5) is 13.8. The fourth-order valence-electron chi connectivity index (χ4n) is 4.57. The van der Waals surface area contributed by atoms with Crippen molar-refractivity contribution in [1.29, 1.82) is 0 Å². The normalized spacial score (nSPS) is 12.9. The summed E-state index contributed by atoms with van der Waals surface area (Å²) >= 11 is 0. The Hall–Kier alpha value is -3.66. The van der Waals surface area contributed by atoms with Gasteiger partial charge in [0.15, 0.2) is 11.6 Å². The lowest BCUT2D eigenvalue weighted by Crippen LogP contribution is -2.24. The molecule has 4 aromatic rings. The molecule has 0 aliphatic carbocycles. The van der Waals surface area contributed by atoms with Gasteiger partial charge in [0, 0.05) is 23.8 Å². The number of nitrogens with zero attached hydrogens (tertiary/aromatic N) is 4. The molecule has 4 heteroatoms. The van der Waals surface area contributed by atoms with Crippen LogP contribution in [-0.4, -0.2) is 16.6 Å². The highest BCUT2D eigenvalue weighted by atomic mass is 15.4. The predicted octanol–water partition coefficient (Wildman–Crippen LogP) is 6.62. The Bertz CT molecular complexity index is 1220. The minimum atomic E-state index is 0.685. The molecule has 0 saturated heterocycles. The maximum atomic E-state index is 4.67. The zero-order valence-corrected chi connectivity index (χ0v) is 18.4. The van der Waals surface area contributed by atoms with E-state index < -0.39 is 0 Å². The van der Waals surface area contributed by atoms with Gasteiger partial charge in [0.05, 0.1) is 0 Å². The van der Waals surface area contributed by atoms with Gasteiger partial charge in [0.25, 0.3) is 0 Å². The summed E-state index contributed by atoms with van der Waals surface area (Å²) in [6.07, 6.45) is 3.53. The minimum absolute atomic E-state index is 0.685. The summed E-state index contributed by atoms with van der Waals surface area (Å²) in [7, 11) is 0. The lowest BCUT2D eigenvalue weighted by Gasteiger charge is -2.22. The van der Waals surface area contributed by atoms with Crippen LogP contribution in [0.15, 0.2) is 73.1 Å². The van der Waals surface area contributed by atoms with E-state index in [2.05, 4.69) is 108 Å². The van der Waals surface area contributed by atoms with Gasteiger partial charge in [-0.15, -0.1) is 0 Å². The van der Waals surface area contributed by atoms with Gasteiger partial charge in [-0.25, -0.2) is 9.97 Å². The van der Waals surface area contributed by atoms with Crippen molar-refractivity contribution in [3.8, 4) is 11.1 Å². The predicted molar refractivity (Wildman–Crippen MR) is 128 cm³/mol. The Morgan fingerprint density at radius 2 is 1.19 bits per heavy atom. The highest BCUT2D eigenvalue weighted by Gasteiger charge is 2.30. The Labute approximate surface area is 183 Å². The average Bonchev–Trinajstić information content (AvgIpc) is 3.13. The quantitative estimate of drug-likeness (QED) is 0.382. The topological polar surface area (TPSA) is 32.3 Å². The van der Waals surface area contributed by atoms with E-state index >= 15 is 0 Å². The molecule has 0 bridgehead atoms. The third-order valence-electron chi connectivity index (χ3n) is 5.92. The van der Waals surface area contributed by atoms with Gasteiger partial charge in [-0.05, 0) is 85.3 Å². The van der Waals surface area contributed by atoms with Crippen molar-refractivity contribution in [3.63, 3.8) is 0 Å². The van der Waals surface area contributed by atoms with Gasteiger partial charge >= 0.3 is 0 Å². The Morgan fingerprint density at radius 1 is 0.645 bits per heavy atom. The van der Waals surface area contributed by atoms with E-state index in [9.17, 15) is 0 Å². The number of fused-ring (bicyclic) bond motifs is 1. The first-order valence-corrected chi connectivity index (χ1v) is 10.6. The molecule has 0 radical (unpaired) electrons. The third-order valence-corrected chi connectivity index (χ3v) is 5.92. The molecule has 0 fully saturated rings. The number of aryl methyl sites for hydroxylation is 4. The Balaban J connectivity index is 1.52. The summed E-state index contributed by atoms with van der Waals surface area (Å²) in [5.74, 6) is 1.79. The Kier molecular flexibility index (Phi) is 4.70. The van der Waals surface area contributed by atoms with Crippen LogP contribution in [0.3, 0.4) is 0 Å². The molecule has 0 amide bonds. The maximum absolute atomic E-state index is 4.67. The lowest BCUT2D eigenvalue weighted by atomic mass is 9.96. The van der Waals surface area contributed by atoms with E-state index in [4.69, 9.17) is 0 Å². The number of aromatic nitrogens is 2. The molecule has 0 unspecified atom stereocenters. The summed E-state index contributed by atoms with van der Waals surface area (Å²) in [5.41, 5.74) is 9.90. The molecule has 0 spiro atoms. The van der Waals surface area contributed by atoms with Crippen molar-refractivity contribution in [2.24, 2.45) is 0 Å². The van der Waals surface area contributed by atoms with Crippen LogP contribution in [0, 0.1) is 27.7 Å². The van der Waals surface area contributed by atoms with E-state index in [1.807, 2.05) is 0 Å². The third kappa shape index (κ3) is 3.44. The van der Waals surface area contributed by atoms with E-state index in [1.165, 1.54) is 33.4 Å². The summed E-state index contributed by atoms with van der Waals surface area (Å²) < 4.78 is 0. The van der Waals surface area contributed by atoms with Gasteiger partial charge in [-0.3, -0.25) is 0 Å². The number of benzene rings is 3. The van der Waals surface area contributed by atoms with E-state index in [0.717, 1.165) is 23.0 Å². The van der Waals surface area contributed by atoms with Crippen molar-refractivity contribution in [1.82, 2.24) is 9.97 Å². The molecule has 4 nitrogen and oxygen atoms in total. The number of rotatable bonds is 3. The first-order chi connectivity index (χ1) is 15.0. The lowest BCUT2D eigenvalue weighted by molar-refractivity contribution is 0.974. The van der Waals surface area contributed by atoms with Gasteiger partial charge < -0.3 is 9.80 Å². The fourth-order valence-corrected chi connectivity index (χ4v) is 4.57. The zero-order chi connectivity index (χ0) is 21.5. The zero-order valence-electron chi connectivity index (χ0n) is 18.4. The van der Waals surface area contributed by atoms with Crippen LogP contribution in [-0.2, 0) is 0 Å². The van der Waals surface area contributed by atoms with Crippen LogP contribution >= 0.6 is 0 Å². The molecule has 1 aromatic heterocycles. The molecule has 154 valence electrons. The number of anilines is 4. The molecule has 3 aromatic carbocycles. The van der Waals surface area contributed by atoms with E-state index in [0.29, 0.717) is 6.67 Å². The second-order valence-corrected chi connectivity index (χ2v) is 8.36. The average molecular weight is 407 g/mol. The van der Waals surface area contributed by atoms with E-state index in [1.54, 1.807) is 12.4 Å². The summed E-state index contributed by atoms with van der Waals surface area (Å²) in [6.45, 7) is 9.29. The molecular weight excluding hydrogens is 380 g/mol. The van der Waals surface area contributed by atoms with Crippen LogP contribution < -0.4 is 9.80 Å². The van der Waals surface area contributed by atoms with Crippen LogP contribution in [0.1, 0.15) is 22.3 Å². The Morgan fingerprint density at radius 3 is 1.77 bits per heavy atom. The van der Waals surface area contributed by atoms with Crippen molar-refractivity contribution >= 4 is 23.0 Å². The first-order valence-electron chi connectivity index (χ1n) is 10.6. The summed E-state index contributed by atoms with van der Waals surface area (Å²) in [5, 5.41) is 0. The fraction of sp³-hybridized carbons (Fsp3) is 0.185. The minimum Gasteiger partial charge on any atom is -0.305 e. The molecule has 31 heavy (non-hydrogen) atoms. The molecule has 2 heterocycles. The molecule has 5 rings (SSSR count). The SMILES string of the molecule is Cc1cc(C)cc(N2CN(c3ccc(-c4c(C)cccc4C)cc3)c3nccnc32)c1. The standard InChI is InChI=1S/C27H26N4/c1-18-14-19(2)16-24(15-18)31-17-30(26-27(31)29-13-12-28-26)23-10-8-22(9-11-23)25-20(3)6-5-7-21(25)4/h5-16H,17H2,1-4H3. The van der Waals surface area contributed by atoms with Crippen molar-refractivity contribution in [3.05, 3.63) is 95.3 Å². The number of hydrogen-bond donors (Lipinski definition) is 0. The monoisotopic (exact) mass is 406 g/mol. The molecule has 0 saturated carbocycles. The molecule has 1 aliphatic rings. The smallest absolute Gasteiger partial charge is 0.178 e. The van der Waals surface area contributed by atoms with Crippen LogP contribution in [0.5, 0.6) is 0 Å². The highest BCUT2D eigenvalue weighted by Crippen LogP contribution is 2.42.